The van der Waals surface area contributed by atoms with Crippen LogP contribution >= 0.6 is 11.8 Å². The zero-order valence-corrected chi connectivity index (χ0v) is 21.4. The lowest BCUT2D eigenvalue weighted by atomic mass is 10.1. The highest BCUT2D eigenvalue weighted by Crippen LogP contribution is 2.38. The van der Waals surface area contributed by atoms with Crippen LogP contribution in [0.15, 0.2) is 71.9 Å². The minimum Gasteiger partial charge on any atom is -0.493 e. The zero-order chi connectivity index (χ0) is 25.8. The molecule has 0 bridgehead atoms. The predicted molar refractivity (Wildman–Crippen MR) is 140 cm³/mol. The van der Waals surface area contributed by atoms with Gasteiger partial charge in [0, 0.05) is 22.9 Å². The van der Waals surface area contributed by atoms with E-state index in [1.165, 1.54) is 32.3 Å². The van der Waals surface area contributed by atoms with Crippen LogP contribution in [0.1, 0.15) is 39.1 Å². The molecule has 0 amide bonds. The molecule has 0 spiro atoms. The lowest BCUT2D eigenvalue weighted by molar-refractivity contribution is 0.0500. The summed E-state index contributed by atoms with van der Waals surface area (Å²) in [6.07, 6.45) is 8.44. The van der Waals surface area contributed by atoms with E-state index in [1.54, 1.807) is 66.6 Å². The number of thioether (sulfide) groups is 1. The van der Waals surface area contributed by atoms with Gasteiger partial charge in [0.05, 0.1) is 33.5 Å². The summed E-state index contributed by atoms with van der Waals surface area (Å²) in [5.74, 6) is 1.61. The van der Waals surface area contributed by atoms with Crippen LogP contribution < -0.4 is 14.2 Å². The lowest BCUT2D eigenvalue weighted by Crippen LogP contribution is -2.06. The number of esters is 1. The van der Waals surface area contributed by atoms with E-state index in [1.807, 2.05) is 12.1 Å². The largest absolute Gasteiger partial charge is 0.493 e. The average Bonchev–Trinajstić information content (AvgIpc) is 2.93. The minimum atomic E-state index is -0.360. The maximum atomic E-state index is 12.7. The normalized spacial score (nSPS) is 10.8. The van der Waals surface area contributed by atoms with E-state index in [9.17, 15) is 9.59 Å². The topological polar surface area (TPSA) is 84.0 Å². The maximum absolute atomic E-state index is 12.7. The van der Waals surface area contributed by atoms with Gasteiger partial charge < -0.3 is 18.9 Å². The van der Waals surface area contributed by atoms with Crippen molar-refractivity contribution < 1.29 is 28.5 Å². The number of unbranched alkanes of at least 4 members (excludes halogenated alkanes) is 1. The Balaban J connectivity index is 1.48. The Kier molecular flexibility index (Phi) is 10.4. The van der Waals surface area contributed by atoms with E-state index < -0.39 is 0 Å². The molecule has 36 heavy (non-hydrogen) atoms. The van der Waals surface area contributed by atoms with Gasteiger partial charge in [0.1, 0.15) is 0 Å². The van der Waals surface area contributed by atoms with Crippen LogP contribution in [0, 0.1) is 0 Å². The molecule has 0 unspecified atom stereocenters. The van der Waals surface area contributed by atoms with E-state index in [-0.39, 0.29) is 11.8 Å². The van der Waals surface area contributed by atoms with Crippen LogP contribution in [-0.2, 0) is 4.74 Å². The molecule has 0 atom stereocenters. The summed E-state index contributed by atoms with van der Waals surface area (Å²) in [5.41, 5.74) is 1.65. The third-order valence-electron chi connectivity index (χ3n) is 5.21. The highest BCUT2D eigenvalue weighted by atomic mass is 32.2. The molecule has 0 aliphatic rings. The van der Waals surface area contributed by atoms with Crippen molar-refractivity contribution in [2.24, 2.45) is 0 Å². The molecule has 0 N–H and O–H groups in total. The molecule has 188 valence electrons. The lowest BCUT2D eigenvalue weighted by Gasteiger charge is -2.13. The second kappa shape index (κ2) is 13.9. The van der Waals surface area contributed by atoms with Crippen molar-refractivity contribution in [1.82, 2.24) is 4.98 Å². The molecule has 7 nitrogen and oxygen atoms in total. The van der Waals surface area contributed by atoms with Gasteiger partial charge in [0.25, 0.3) is 0 Å². The number of carbonyl (C=O) groups is 2. The minimum absolute atomic E-state index is 0.222. The summed E-state index contributed by atoms with van der Waals surface area (Å²) in [4.78, 5) is 30.2. The van der Waals surface area contributed by atoms with Gasteiger partial charge in [-0.1, -0.05) is 18.2 Å². The van der Waals surface area contributed by atoms with Crippen LogP contribution in [0.25, 0.3) is 6.08 Å². The number of allylic oxidation sites excluding steroid dienone is 1. The summed E-state index contributed by atoms with van der Waals surface area (Å²) < 4.78 is 21.3. The zero-order valence-electron chi connectivity index (χ0n) is 20.6. The fourth-order valence-electron chi connectivity index (χ4n) is 3.30. The van der Waals surface area contributed by atoms with Gasteiger partial charge >= 0.3 is 5.97 Å². The summed E-state index contributed by atoms with van der Waals surface area (Å²) in [7, 11) is 4.50. The van der Waals surface area contributed by atoms with Gasteiger partial charge in [0.2, 0.25) is 5.75 Å². The number of hydrogen-bond donors (Lipinski definition) is 0. The predicted octanol–water partition coefficient (Wildman–Crippen LogP) is 5.73. The molecular weight excluding hydrogens is 478 g/mol. The monoisotopic (exact) mass is 507 g/mol. The smallest absolute Gasteiger partial charge is 0.338 e. The number of aromatic nitrogens is 1. The summed E-state index contributed by atoms with van der Waals surface area (Å²) in [6.45, 7) is 0.376. The molecule has 0 aliphatic carbocycles. The number of benzene rings is 2. The first-order chi connectivity index (χ1) is 17.5. The SMILES string of the molecule is COc1cc(C(=O)/C=C/c2ccc(C(=O)OCCCCSc3ccncc3)cc2)cc(OC)c1OC. The first kappa shape index (κ1) is 26.8. The number of methoxy groups -OCH3 is 3. The summed E-state index contributed by atoms with van der Waals surface area (Å²) in [6, 6.07) is 14.1. The van der Waals surface area contributed by atoms with Crippen molar-refractivity contribution in [2.75, 3.05) is 33.7 Å². The second-order valence-electron chi connectivity index (χ2n) is 7.61. The molecule has 0 fully saturated rings. The van der Waals surface area contributed by atoms with E-state index in [0.717, 1.165) is 24.2 Å². The summed E-state index contributed by atoms with van der Waals surface area (Å²) in [5, 5.41) is 0. The fourth-order valence-corrected chi connectivity index (χ4v) is 4.20. The van der Waals surface area contributed by atoms with E-state index in [0.29, 0.717) is 35.0 Å². The molecule has 1 heterocycles. The van der Waals surface area contributed by atoms with Crippen molar-refractivity contribution >= 4 is 29.6 Å². The third kappa shape index (κ3) is 7.61. The van der Waals surface area contributed by atoms with Crippen molar-refractivity contribution in [3.05, 3.63) is 83.7 Å². The van der Waals surface area contributed by atoms with Gasteiger partial charge in [0.15, 0.2) is 17.3 Å². The van der Waals surface area contributed by atoms with Crippen LogP contribution in [0.3, 0.4) is 0 Å². The van der Waals surface area contributed by atoms with Crippen molar-refractivity contribution in [1.29, 1.82) is 0 Å². The number of carbonyl (C=O) groups excluding carboxylic acids is 2. The Morgan fingerprint density at radius 1 is 0.861 bits per heavy atom. The van der Waals surface area contributed by atoms with Crippen LogP contribution in [0.5, 0.6) is 17.2 Å². The third-order valence-corrected chi connectivity index (χ3v) is 6.31. The van der Waals surface area contributed by atoms with Gasteiger partial charge in [-0.25, -0.2) is 4.79 Å². The second-order valence-corrected chi connectivity index (χ2v) is 8.78. The summed E-state index contributed by atoms with van der Waals surface area (Å²) >= 11 is 1.76. The molecule has 0 saturated carbocycles. The molecule has 0 radical (unpaired) electrons. The Bertz CT molecular complexity index is 1150. The molecular formula is C28H29NO6S. The number of ether oxygens (including phenoxy) is 4. The number of rotatable bonds is 13. The Labute approximate surface area is 215 Å². The molecule has 1 aromatic heterocycles. The maximum Gasteiger partial charge on any atom is 0.338 e. The van der Waals surface area contributed by atoms with Crippen LogP contribution in [0.2, 0.25) is 0 Å². The van der Waals surface area contributed by atoms with Gasteiger partial charge in [-0.3, -0.25) is 9.78 Å². The van der Waals surface area contributed by atoms with Crippen LogP contribution in [0.4, 0.5) is 0 Å². The molecule has 3 rings (SSSR count). The Morgan fingerprint density at radius 3 is 2.14 bits per heavy atom. The number of pyridine rings is 1. The standard InChI is InChI=1S/C28H29NO6S/c1-32-25-18-22(19-26(33-2)27(25)34-3)24(30)11-8-20-6-9-21(10-7-20)28(31)35-16-4-5-17-36-23-12-14-29-15-13-23/h6-15,18-19H,4-5,16-17H2,1-3H3/b11-8+. The first-order valence-corrected chi connectivity index (χ1v) is 12.4. The molecule has 0 aliphatic heterocycles. The fraction of sp³-hybridized carbons (Fsp3) is 0.250. The van der Waals surface area contributed by atoms with Crippen LogP contribution in [-0.4, -0.2) is 50.4 Å². The van der Waals surface area contributed by atoms with Gasteiger partial charge in [-0.2, -0.15) is 0 Å². The van der Waals surface area contributed by atoms with E-state index in [2.05, 4.69) is 4.98 Å². The number of hydrogen-bond acceptors (Lipinski definition) is 8. The first-order valence-electron chi connectivity index (χ1n) is 11.4. The molecule has 8 heteroatoms. The van der Waals surface area contributed by atoms with E-state index >= 15 is 0 Å². The molecule has 2 aromatic carbocycles. The highest BCUT2D eigenvalue weighted by molar-refractivity contribution is 7.99. The van der Waals surface area contributed by atoms with Crippen molar-refractivity contribution in [3.63, 3.8) is 0 Å². The average molecular weight is 508 g/mol. The highest BCUT2D eigenvalue weighted by Gasteiger charge is 2.15. The van der Waals surface area contributed by atoms with Crippen molar-refractivity contribution in [3.8, 4) is 17.2 Å². The van der Waals surface area contributed by atoms with Gasteiger partial charge in [-0.15, -0.1) is 11.8 Å². The number of ketones is 1. The van der Waals surface area contributed by atoms with Crippen molar-refractivity contribution in [2.45, 2.75) is 17.7 Å². The van der Waals surface area contributed by atoms with E-state index in [4.69, 9.17) is 18.9 Å². The number of nitrogens with zero attached hydrogens (tertiary/aromatic N) is 1. The Morgan fingerprint density at radius 2 is 1.53 bits per heavy atom. The Hall–Kier alpha value is -3.78. The quantitative estimate of drug-likeness (QED) is 0.0953. The van der Waals surface area contributed by atoms with Gasteiger partial charge in [-0.05, 0) is 66.6 Å². The molecule has 0 saturated heterocycles. The molecule has 3 aromatic rings.